The second-order valence-electron chi connectivity index (χ2n) is 4.24. The average molecular weight is 326 g/mol. The lowest BCUT2D eigenvalue weighted by molar-refractivity contribution is -0.146. The summed E-state index contributed by atoms with van der Waals surface area (Å²) in [6, 6.07) is 10.2. The molecule has 1 aromatic carbocycles. The van der Waals surface area contributed by atoms with Gasteiger partial charge in [-0.1, -0.05) is 11.8 Å². The number of rotatable bonds is 3. The van der Waals surface area contributed by atoms with Gasteiger partial charge in [0.1, 0.15) is 10.8 Å². The number of hydrogen-bond donors (Lipinski definition) is 0. The highest BCUT2D eigenvalue weighted by molar-refractivity contribution is 7.99. The lowest BCUT2D eigenvalue weighted by Crippen LogP contribution is -2.12. The molecule has 22 heavy (non-hydrogen) atoms. The zero-order chi connectivity index (χ0) is 15.7. The number of ether oxygens (including phenoxy) is 1. The van der Waals surface area contributed by atoms with E-state index in [-0.39, 0.29) is 5.65 Å². The van der Waals surface area contributed by atoms with E-state index in [0.29, 0.717) is 15.3 Å². The van der Waals surface area contributed by atoms with Gasteiger partial charge in [-0.3, -0.25) is 0 Å². The molecular formula is C13H9F3N4OS. The first-order chi connectivity index (χ1) is 10.5. The highest BCUT2D eigenvalue weighted by Gasteiger charge is 2.37. The van der Waals surface area contributed by atoms with E-state index in [9.17, 15) is 13.2 Å². The van der Waals surface area contributed by atoms with E-state index >= 15 is 0 Å². The van der Waals surface area contributed by atoms with Crippen molar-refractivity contribution in [2.24, 2.45) is 0 Å². The maximum absolute atomic E-state index is 12.8. The smallest absolute Gasteiger partial charge is 0.453 e. The van der Waals surface area contributed by atoms with Gasteiger partial charge in [0.25, 0.3) is 5.82 Å². The highest BCUT2D eigenvalue weighted by Crippen LogP contribution is 2.30. The Hall–Kier alpha value is -2.29. The van der Waals surface area contributed by atoms with Crippen LogP contribution in [0.15, 0.2) is 46.3 Å². The normalized spacial score (nSPS) is 11.8. The first kappa shape index (κ1) is 14.6. The van der Waals surface area contributed by atoms with Crippen LogP contribution in [0.25, 0.3) is 5.65 Å². The predicted octanol–water partition coefficient (Wildman–Crippen LogP) is 3.30. The molecular weight excluding hydrogens is 317 g/mol. The van der Waals surface area contributed by atoms with Crippen LogP contribution in [0.4, 0.5) is 13.2 Å². The van der Waals surface area contributed by atoms with Gasteiger partial charge >= 0.3 is 6.18 Å². The van der Waals surface area contributed by atoms with E-state index in [1.54, 1.807) is 37.4 Å². The Labute approximate surface area is 127 Å². The molecule has 0 radical (unpaired) electrons. The van der Waals surface area contributed by atoms with Crippen molar-refractivity contribution in [1.82, 2.24) is 19.8 Å². The molecule has 2 heterocycles. The van der Waals surface area contributed by atoms with Crippen molar-refractivity contribution in [2.75, 3.05) is 7.11 Å². The molecule has 5 nitrogen and oxygen atoms in total. The molecule has 0 N–H and O–H groups in total. The van der Waals surface area contributed by atoms with E-state index in [0.717, 1.165) is 4.90 Å². The maximum Gasteiger partial charge on any atom is 0.453 e. The third-order valence-corrected chi connectivity index (χ3v) is 3.71. The molecule has 0 aliphatic carbocycles. The second kappa shape index (κ2) is 5.48. The summed E-state index contributed by atoms with van der Waals surface area (Å²) in [5, 5.41) is 10.9. The molecule has 0 aliphatic rings. The summed E-state index contributed by atoms with van der Waals surface area (Å²) in [4.78, 5) is 0.828. The summed E-state index contributed by atoms with van der Waals surface area (Å²) in [5.74, 6) is -0.439. The largest absolute Gasteiger partial charge is 0.497 e. The Balaban J connectivity index is 1.93. The van der Waals surface area contributed by atoms with Crippen molar-refractivity contribution in [3.8, 4) is 5.75 Å². The summed E-state index contributed by atoms with van der Waals surface area (Å²) < 4.78 is 44.2. The number of nitrogens with zero attached hydrogens (tertiary/aromatic N) is 4. The highest BCUT2D eigenvalue weighted by atomic mass is 32.2. The van der Waals surface area contributed by atoms with E-state index in [2.05, 4.69) is 15.3 Å². The predicted molar refractivity (Wildman–Crippen MR) is 72.9 cm³/mol. The van der Waals surface area contributed by atoms with Crippen LogP contribution in [0, 0.1) is 0 Å². The summed E-state index contributed by atoms with van der Waals surface area (Å²) >= 11 is 1.23. The van der Waals surface area contributed by atoms with Crippen molar-refractivity contribution < 1.29 is 17.9 Å². The summed E-state index contributed by atoms with van der Waals surface area (Å²) in [6.45, 7) is 0. The monoisotopic (exact) mass is 326 g/mol. The van der Waals surface area contributed by atoms with Crippen LogP contribution in [0.2, 0.25) is 0 Å². The molecule has 0 bridgehead atoms. The number of fused-ring (bicyclic) bond motifs is 1. The number of alkyl halides is 3. The van der Waals surface area contributed by atoms with Gasteiger partial charge in [-0.25, -0.2) is 0 Å². The molecule has 0 saturated carbocycles. The molecule has 9 heteroatoms. The van der Waals surface area contributed by atoms with Gasteiger partial charge in [-0.15, -0.1) is 10.2 Å². The lowest BCUT2D eigenvalue weighted by Gasteiger charge is -2.05. The summed E-state index contributed by atoms with van der Waals surface area (Å²) in [5.41, 5.74) is 0.0476. The molecule has 0 aliphatic heterocycles. The summed E-state index contributed by atoms with van der Waals surface area (Å²) in [6.07, 6.45) is -4.60. The number of hydrogen-bond acceptors (Lipinski definition) is 5. The van der Waals surface area contributed by atoms with Gasteiger partial charge in [0.05, 0.1) is 7.11 Å². The summed E-state index contributed by atoms with van der Waals surface area (Å²) in [7, 11) is 1.56. The molecule has 3 rings (SSSR count). The van der Waals surface area contributed by atoms with Crippen LogP contribution < -0.4 is 4.74 Å². The zero-order valence-electron chi connectivity index (χ0n) is 11.2. The van der Waals surface area contributed by atoms with Gasteiger partial charge < -0.3 is 4.74 Å². The van der Waals surface area contributed by atoms with Gasteiger partial charge in [-0.05, 0) is 36.4 Å². The first-order valence-corrected chi connectivity index (χ1v) is 6.90. The van der Waals surface area contributed by atoms with Gasteiger partial charge in [0, 0.05) is 4.90 Å². The number of halogens is 3. The van der Waals surface area contributed by atoms with Crippen LogP contribution in [0.5, 0.6) is 5.75 Å². The minimum atomic E-state index is -4.60. The van der Waals surface area contributed by atoms with E-state index in [1.165, 1.54) is 17.8 Å². The Morgan fingerprint density at radius 3 is 2.41 bits per heavy atom. The molecule has 0 saturated heterocycles. The van der Waals surface area contributed by atoms with Crippen LogP contribution >= 0.6 is 11.8 Å². The standard InChI is InChI=1S/C13H9F3N4OS/c1-21-8-2-4-9(5-3-8)22-11-7-6-10-17-18-12(13(14,15)16)20(10)19-11/h2-7H,1H3. The molecule has 3 aromatic rings. The second-order valence-corrected chi connectivity index (χ2v) is 5.33. The molecule has 0 spiro atoms. The molecule has 0 unspecified atom stereocenters. The average Bonchev–Trinajstić information content (AvgIpc) is 2.91. The van der Waals surface area contributed by atoms with Gasteiger partial charge in [-0.2, -0.15) is 22.8 Å². The molecule has 2 aromatic heterocycles. The Kier molecular flexibility index (Phi) is 3.65. The minimum Gasteiger partial charge on any atom is -0.497 e. The maximum atomic E-state index is 12.8. The number of aromatic nitrogens is 4. The third kappa shape index (κ3) is 2.84. The van der Waals surface area contributed by atoms with E-state index in [1.807, 2.05) is 0 Å². The topological polar surface area (TPSA) is 52.3 Å². The lowest BCUT2D eigenvalue weighted by atomic mass is 10.3. The van der Waals surface area contributed by atoms with Crippen LogP contribution in [-0.2, 0) is 6.18 Å². The molecule has 0 amide bonds. The fourth-order valence-electron chi connectivity index (χ4n) is 1.77. The van der Waals surface area contributed by atoms with Crippen molar-refractivity contribution in [3.05, 3.63) is 42.2 Å². The third-order valence-electron chi connectivity index (χ3n) is 2.77. The Morgan fingerprint density at radius 2 is 1.77 bits per heavy atom. The fraction of sp³-hybridized carbons (Fsp3) is 0.154. The number of methoxy groups -OCH3 is 1. The van der Waals surface area contributed by atoms with Crippen LogP contribution in [-0.4, -0.2) is 26.9 Å². The van der Waals surface area contributed by atoms with Gasteiger partial charge in [0.15, 0.2) is 5.65 Å². The fourth-order valence-corrected chi connectivity index (χ4v) is 2.54. The van der Waals surface area contributed by atoms with Crippen molar-refractivity contribution >= 4 is 17.4 Å². The first-order valence-electron chi connectivity index (χ1n) is 6.09. The van der Waals surface area contributed by atoms with Crippen LogP contribution in [0.1, 0.15) is 5.82 Å². The van der Waals surface area contributed by atoms with Crippen LogP contribution in [0.3, 0.4) is 0 Å². The van der Waals surface area contributed by atoms with E-state index < -0.39 is 12.0 Å². The Bertz CT molecular complexity index is 801. The molecule has 0 atom stereocenters. The zero-order valence-corrected chi connectivity index (χ0v) is 12.0. The Morgan fingerprint density at radius 1 is 1.05 bits per heavy atom. The van der Waals surface area contributed by atoms with E-state index in [4.69, 9.17) is 4.74 Å². The van der Waals surface area contributed by atoms with Crippen molar-refractivity contribution in [3.63, 3.8) is 0 Å². The van der Waals surface area contributed by atoms with Gasteiger partial charge in [0.2, 0.25) is 0 Å². The van der Waals surface area contributed by atoms with Crippen molar-refractivity contribution in [1.29, 1.82) is 0 Å². The quantitative estimate of drug-likeness (QED) is 0.739. The minimum absolute atomic E-state index is 0.0476. The molecule has 0 fully saturated rings. The van der Waals surface area contributed by atoms with Crippen molar-refractivity contribution in [2.45, 2.75) is 16.1 Å². The molecule has 114 valence electrons. The SMILES string of the molecule is COc1ccc(Sc2ccc3nnc(C(F)(F)F)n3n2)cc1. The number of benzene rings is 1.